The summed E-state index contributed by atoms with van der Waals surface area (Å²) < 4.78 is 42.9. The molecule has 0 radical (unpaired) electrons. The topological polar surface area (TPSA) is 61.7 Å². The summed E-state index contributed by atoms with van der Waals surface area (Å²) in [5, 5.41) is 4.70. The van der Waals surface area contributed by atoms with Gasteiger partial charge >= 0.3 is 6.18 Å². The van der Waals surface area contributed by atoms with Crippen LogP contribution in [-0.4, -0.2) is 82.6 Å². The molecule has 1 saturated carbocycles. The van der Waals surface area contributed by atoms with Gasteiger partial charge in [-0.2, -0.15) is 18.3 Å². The summed E-state index contributed by atoms with van der Waals surface area (Å²) in [4.78, 5) is 32.8. The lowest BCUT2D eigenvalue weighted by Crippen LogP contribution is -2.45. The zero-order valence-corrected chi connectivity index (χ0v) is 23.1. The number of amides is 2. The molecular formula is C30H38F3N5O2. The van der Waals surface area contributed by atoms with Crippen LogP contribution in [0.1, 0.15) is 90.0 Å². The fraction of sp³-hybridized carbons (Fsp3) is 0.633. The zero-order valence-electron chi connectivity index (χ0n) is 23.1. The van der Waals surface area contributed by atoms with Gasteiger partial charge in [0.1, 0.15) is 0 Å². The van der Waals surface area contributed by atoms with Crippen molar-refractivity contribution in [2.75, 3.05) is 46.3 Å². The van der Waals surface area contributed by atoms with Crippen molar-refractivity contribution in [1.29, 1.82) is 0 Å². The molecule has 4 aliphatic rings. The molecular weight excluding hydrogens is 519 g/mol. The van der Waals surface area contributed by atoms with E-state index in [0.717, 1.165) is 63.4 Å². The molecule has 1 aromatic carbocycles. The number of carbonyl (C=O) groups excluding carboxylic acids is 2. The van der Waals surface area contributed by atoms with Crippen LogP contribution in [0.2, 0.25) is 0 Å². The van der Waals surface area contributed by atoms with E-state index in [1.54, 1.807) is 23.2 Å². The highest BCUT2D eigenvalue weighted by atomic mass is 19.4. The van der Waals surface area contributed by atoms with Crippen LogP contribution < -0.4 is 0 Å². The third-order valence-corrected chi connectivity index (χ3v) is 9.40. The Balaban J connectivity index is 1.13. The van der Waals surface area contributed by atoms with E-state index in [2.05, 4.69) is 11.9 Å². The molecule has 0 spiro atoms. The van der Waals surface area contributed by atoms with Crippen molar-refractivity contribution in [3.8, 4) is 0 Å². The smallest absolute Gasteiger partial charge is 0.342 e. The first-order valence-corrected chi connectivity index (χ1v) is 14.7. The summed E-state index contributed by atoms with van der Waals surface area (Å²) in [5.74, 6) is 0.226. The SMILES string of the molecule is CN1CCC(C(=O)N2CCC(n3ncc(C(=O)N4CC[C@@H](c5ccccc5C(F)(F)F)C4)c3C3CC3)CC2)CC1. The second kappa shape index (κ2) is 10.8. The summed E-state index contributed by atoms with van der Waals surface area (Å²) in [6.07, 6.45) is 3.26. The standard InChI is InChI=1S/C30H38F3N5O2/c1-35-13-8-21(9-14-35)28(39)36-16-11-23(12-17-36)38-27(20-6-7-20)25(18-34-38)29(40)37-15-10-22(19-37)24-4-2-3-5-26(24)30(31,32)33/h2-5,18,20-23H,6-17,19H2,1H3/t22-/m1/s1. The Hall–Kier alpha value is -2.88. The molecule has 216 valence electrons. The fourth-order valence-electron chi connectivity index (χ4n) is 6.92. The first kappa shape index (κ1) is 27.3. The monoisotopic (exact) mass is 557 g/mol. The van der Waals surface area contributed by atoms with Crippen LogP contribution >= 0.6 is 0 Å². The Labute approximate surface area is 233 Å². The molecule has 10 heteroatoms. The van der Waals surface area contributed by atoms with Crippen LogP contribution in [0.5, 0.6) is 0 Å². The summed E-state index contributed by atoms with van der Waals surface area (Å²) in [6, 6.07) is 5.86. The average molecular weight is 558 g/mol. The van der Waals surface area contributed by atoms with E-state index in [0.29, 0.717) is 37.5 Å². The van der Waals surface area contributed by atoms with Gasteiger partial charge in [0.25, 0.3) is 5.91 Å². The van der Waals surface area contributed by atoms with Crippen LogP contribution in [0.4, 0.5) is 13.2 Å². The first-order valence-electron chi connectivity index (χ1n) is 14.7. The van der Waals surface area contributed by atoms with Crippen LogP contribution in [0.25, 0.3) is 0 Å². The molecule has 7 nitrogen and oxygen atoms in total. The Morgan fingerprint density at radius 3 is 2.20 bits per heavy atom. The Kier molecular flexibility index (Phi) is 7.39. The number of nitrogens with zero attached hydrogens (tertiary/aromatic N) is 5. The number of hydrogen-bond donors (Lipinski definition) is 0. The second-order valence-electron chi connectivity index (χ2n) is 12.1. The third-order valence-electron chi connectivity index (χ3n) is 9.40. The maximum Gasteiger partial charge on any atom is 0.416 e. The van der Waals surface area contributed by atoms with Crippen LogP contribution in [0, 0.1) is 5.92 Å². The van der Waals surface area contributed by atoms with Gasteiger partial charge in [0.2, 0.25) is 5.91 Å². The van der Waals surface area contributed by atoms with Crippen molar-refractivity contribution in [2.24, 2.45) is 5.92 Å². The maximum atomic E-state index is 13.7. The molecule has 3 aliphatic heterocycles. The number of alkyl halides is 3. The molecule has 0 N–H and O–H groups in total. The minimum atomic E-state index is -4.42. The van der Waals surface area contributed by atoms with Crippen molar-refractivity contribution in [1.82, 2.24) is 24.5 Å². The van der Waals surface area contributed by atoms with Crippen molar-refractivity contribution in [3.63, 3.8) is 0 Å². The third kappa shape index (κ3) is 5.39. The van der Waals surface area contributed by atoms with Gasteiger partial charge in [0.05, 0.1) is 29.1 Å². The maximum absolute atomic E-state index is 13.7. The quantitative estimate of drug-likeness (QED) is 0.524. The number of piperidine rings is 2. The molecule has 4 heterocycles. The van der Waals surface area contributed by atoms with E-state index in [-0.39, 0.29) is 41.8 Å². The van der Waals surface area contributed by atoms with E-state index in [9.17, 15) is 22.8 Å². The van der Waals surface area contributed by atoms with E-state index in [4.69, 9.17) is 5.10 Å². The zero-order chi connectivity index (χ0) is 28.0. The van der Waals surface area contributed by atoms with Crippen molar-refractivity contribution in [3.05, 3.63) is 52.8 Å². The normalized spacial score (nSPS) is 23.6. The number of rotatable bonds is 5. The van der Waals surface area contributed by atoms with Gasteiger partial charge in [0, 0.05) is 43.9 Å². The largest absolute Gasteiger partial charge is 0.416 e. The van der Waals surface area contributed by atoms with Gasteiger partial charge in [-0.1, -0.05) is 18.2 Å². The van der Waals surface area contributed by atoms with Gasteiger partial charge in [-0.15, -0.1) is 0 Å². The summed E-state index contributed by atoms with van der Waals surface area (Å²) in [5.41, 5.74) is 1.23. The van der Waals surface area contributed by atoms with Crippen LogP contribution in [0.3, 0.4) is 0 Å². The van der Waals surface area contributed by atoms with Crippen molar-refractivity contribution in [2.45, 2.75) is 69.0 Å². The highest BCUT2D eigenvalue weighted by molar-refractivity contribution is 5.95. The minimum Gasteiger partial charge on any atom is -0.342 e. The lowest BCUT2D eigenvalue weighted by molar-refractivity contribution is -0.139. The number of aromatic nitrogens is 2. The average Bonchev–Trinajstić information content (AvgIpc) is 3.50. The van der Waals surface area contributed by atoms with Crippen molar-refractivity contribution < 1.29 is 22.8 Å². The predicted octanol–water partition coefficient (Wildman–Crippen LogP) is 4.91. The molecule has 0 bridgehead atoms. The highest BCUT2D eigenvalue weighted by Crippen LogP contribution is 2.44. The number of hydrogen-bond acceptors (Lipinski definition) is 4. The number of benzene rings is 1. The minimum absolute atomic E-state index is 0.121. The summed E-state index contributed by atoms with van der Waals surface area (Å²) in [7, 11) is 2.10. The van der Waals surface area contributed by atoms with Crippen molar-refractivity contribution >= 4 is 11.8 Å². The highest BCUT2D eigenvalue weighted by Gasteiger charge is 2.40. The Bertz CT molecular complexity index is 1240. The molecule has 4 fully saturated rings. The van der Waals surface area contributed by atoms with Gasteiger partial charge in [-0.05, 0) is 76.7 Å². The molecule has 1 aromatic heterocycles. The molecule has 2 aromatic rings. The lowest BCUT2D eigenvalue weighted by atomic mass is 9.93. The summed E-state index contributed by atoms with van der Waals surface area (Å²) >= 11 is 0. The molecule has 0 unspecified atom stereocenters. The van der Waals surface area contributed by atoms with Gasteiger partial charge in [0.15, 0.2) is 0 Å². The Morgan fingerprint density at radius 1 is 0.850 bits per heavy atom. The second-order valence-corrected chi connectivity index (χ2v) is 12.1. The molecule has 1 aliphatic carbocycles. The van der Waals surface area contributed by atoms with E-state index >= 15 is 0 Å². The van der Waals surface area contributed by atoms with Crippen LogP contribution in [-0.2, 0) is 11.0 Å². The molecule has 6 rings (SSSR count). The fourth-order valence-corrected chi connectivity index (χ4v) is 6.92. The van der Waals surface area contributed by atoms with Gasteiger partial charge in [-0.25, -0.2) is 0 Å². The predicted molar refractivity (Wildman–Crippen MR) is 144 cm³/mol. The number of likely N-dealkylation sites (tertiary alicyclic amines) is 3. The summed E-state index contributed by atoms with van der Waals surface area (Å²) in [6.45, 7) is 4.05. The molecule has 3 saturated heterocycles. The Morgan fingerprint density at radius 2 is 1.52 bits per heavy atom. The number of halogens is 3. The van der Waals surface area contributed by atoms with E-state index < -0.39 is 11.7 Å². The molecule has 40 heavy (non-hydrogen) atoms. The van der Waals surface area contributed by atoms with E-state index in [1.165, 1.54) is 6.07 Å². The van der Waals surface area contributed by atoms with Gasteiger partial charge < -0.3 is 14.7 Å². The number of carbonyl (C=O) groups is 2. The van der Waals surface area contributed by atoms with Crippen LogP contribution in [0.15, 0.2) is 30.5 Å². The lowest BCUT2D eigenvalue weighted by Gasteiger charge is -2.37. The molecule has 2 amide bonds. The first-order chi connectivity index (χ1) is 19.2. The van der Waals surface area contributed by atoms with E-state index in [1.807, 2.05) is 9.58 Å². The molecule has 1 atom stereocenters. The van der Waals surface area contributed by atoms with Gasteiger partial charge in [-0.3, -0.25) is 14.3 Å².